The van der Waals surface area contributed by atoms with E-state index in [-0.39, 0.29) is 17.7 Å². The van der Waals surface area contributed by atoms with Crippen LogP contribution in [0.4, 0.5) is 21.9 Å². The van der Waals surface area contributed by atoms with E-state index in [4.69, 9.17) is 4.74 Å². The molecule has 1 saturated heterocycles. The highest BCUT2D eigenvalue weighted by Gasteiger charge is 2.23. The molecule has 0 radical (unpaired) electrons. The maximum absolute atomic E-state index is 12.7. The molecule has 10 nitrogen and oxygen atoms in total. The first-order valence-electron chi connectivity index (χ1n) is 8.99. The number of hydrogen-bond acceptors (Lipinski definition) is 7. The second-order valence-electron chi connectivity index (χ2n) is 6.55. The summed E-state index contributed by atoms with van der Waals surface area (Å²) < 4.78 is 4.75. The van der Waals surface area contributed by atoms with E-state index in [0.29, 0.717) is 43.0 Å². The normalized spacial score (nSPS) is 13.7. The number of aromatic nitrogens is 1. The summed E-state index contributed by atoms with van der Waals surface area (Å²) in [6, 6.07) is 6.02. The zero-order valence-corrected chi connectivity index (χ0v) is 16.1. The van der Waals surface area contributed by atoms with Gasteiger partial charge >= 0.3 is 6.09 Å². The minimum absolute atomic E-state index is 0.0351. The maximum atomic E-state index is 12.7. The molecule has 1 aliphatic heterocycles. The summed E-state index contributed by atoms with van der Waals surface area (Å²) in [5, 5.41) is 13.8. The van der Waals surface area contributed by atoms with E-state index in [1.54, 1.807) is 30.3 Å². The molecule has 0 saturated carbocycles. The zero-order chi connectivity index (χ0) is 21.0. The van der Waals surface area contributed by atoms with Crippen LogP contribution in [0.15, 0.2) is 36.7 Å². The Morgan fingerprint density at radius 2 is 1.93 bits per heavy atom. The number of aryl methyl sites for hydroxylation is 1. The maximum Gasteiger partial charge on any atom is 0.409 e. The third-order valence-electron chi connectivity index (χ3n) is 4.76. The average molecular weight is 399 g/mol. The molecule has 1 fully saturated rings. The van der Waals surface area contributed by atoms with Crippen LogP contribution in [-0.4, -0.2) is 60.1 Å². The fourth-order valence-electron chi connectivity index (χ4n) is 3.21. The highest BCUT2D eigenvalue weighted by molar-refractivity contribution is 6.06. The second-order valence-corrected chi connectivity index (χ2v) is 6.55. The SMILES string of the molecule is COC(=O)N1CCN(c2ccncc2NC(=O)c2ccc([N+](=O)[O-])c(C)c2)CC1. The van der Waals surface area contributed by atoms with Crippen molar-refractivity contribution in [1.82, 2.24) is 9.88 Å². The smallest absolute Gasteiger partial charge is 0.409 e. The summed E-state index contributed by atoms with van der Waals surface area (Å²) in [6.45, 7) is 3.76. The Morgan fingerprint density at radius 3 is 2.55 bits per heavy atom. The molecule has 29 heavy (non-hydrogen) atoms. The van der Waals surface area contributed by atoms with Gasteiger partial charge in [-0.15, -0.1) is 0 Å². The van der Waals surface area contributed by atoms with Crippen molar-refractivity contribution in [2.75, 3.05) is 43.5 Å². The third kappa shape index (κ3) is 4.42. The molecule has 1 aromatic heterocycles. The lowest BCUT2D eigenvalue weighted by Gasteiger charge is -2.36. The predicted molar refractivity (Wildman–Crippen MR) is 106 cm³/mol. The first kappa shape index (κ1) is 20.1. The van der Waals surface area contributed by atoms with Crippen molar-refractivity contribution in [1.29, 1.82) is 0 Å². The van der Waals surface area contributed by atoms with E-state index in [0.717, 1.165) is 5.69 Å². The molecule has 152 valence electrons. The van der Waals surface area contributed by atoms with Crippen molar-refractivity contribution in [3.05, 3.63) is 57.9 Å². The summed E-state index contributed by atoms with van der Waals surface area (Å²) in [6.07, 6.45) is 2.83. The standard InChI is InChI=1S/C19H21N5O5/c1-13-11-14(3-4-16(13)24(27)28)18(25)21-15-12-20-6-5-17(15)22-7-9-23(10-8-22)19(26)29-2/h3-6,11-12H,7-10H2,1-2H3,(H,21,25). The molecule has 2 amide bonds. The molecule has 1 aromatic carbocycles. The number of anilines is 2. The lowest BCUT2D eigenvalue weighted by atomic mass is 10.1. The molecule has 0 spiro atoms. The van der Waals surface area contributed by atoms with Gasteiger partial charge in [0.05, 0.1) is 29.6 Å². The first-order valence-corrected chi connectivity index (χ1v) is 8.99. The fraction of sp³-hybridized carbons (Fsp3) is 0.316. The highest BCUT2D eigenvalue weighted by Crippen LogP contribution is 2.27. The van der Waals surface area contributed by atoms with Crippen molar-refractivity contribution in [3.63, 3.8) is 0 Å². The molecule has 2 heterocycles. The van der Waals surface area contributed by atoms with Gasteiger partial charge in [-0.2, -0.15) is 0 Å². The Bertz CT molecular complexity index is 940. The van der Waals surface area contributed by atoms with Gasteiger partial charge in [-0.3, -0.25) is 19.9 Å². The third-order valence-corrected chi connectivity index (χ3v) is 4.76. The summed E-state index contributed by atoms with van der Waals surface area (Å²) >= 11 is 0. The van der Waals surface area contributed by atoms with Crippen LogP contribution < -0.4 is 10.2 Å². The van der Waals surface area contributed by atoms with E-state index >= 15 is 0 Å². The lowest BCUT2D eigenvalue weighted by molar-refractivity contribution is -0.385. The van der Waals surface area contributed by atoms with Crippen LogP contribution in [0.25, 0.3) is 0 Å². The minimum Gasteiger partial charge on any atom is -0.453 e. The van der Waals surface area contributed by atoms with Crippen LogP contribution >= 0.6 is 0 Å². The number of rotatable bonds is 4. The number of amides is 2. The first-order chi connectivity index (χ1) is 13.9. The molecule has 10 heteroatoms. The molecule has 0 bridgehead atoms. The molecule has 1 aliphatic rings. The summed E-state index contributed by atoms with van der Waals surface area (Å²) in [5.74, 6) is -0.384. The number of ether oxygens (including phenoxy) is 1. The van der Waals surface area contributed by atoms with Gasteiger partial charge in [0.25, 0.3) is 11.6 Å². The van der Waals surface area contributed by atoms with Crippen LogP contribution in [0.2, 0.25) is 0 Å². The highest BCUT2D eigenvalue weighted by atomic mass is 16.6. The van der Waals surface area contributed by atoms with Crippen molar-refractivity contribution < 1.29 is 19.2 Å². The van der Waals surface area contributed by atoms with Crippen LogP contribution in [0.1, 0.15) is 15.9 Å². The van der Waals surface area contributed by atoms with E-state index < -0.39 is 4.92 Å². The molecule has 0 aliphatic carbocycles. The van der Waals surface area contributed by atoms with Gasteiger partial charge in [0, 0.05) is 49.6 Å². The van der Waals surface area contributed by atoms with E-state index in [2.05, 4.69) is 15.2 Å². The molecule has 2 aromatic rings. The van der Waals surface area contributed by atoms with Crippen molar-refractivity contribution in [2.45, 2.75) is 6.92 Å². The van der Waals surface area contributed by atoms with Gasteiger partial charge in [0.15, 0.2) is 0 Å². The number of nitrogens with zero attached hydrogens (tertiary/aromatic N) is 4. The van der Waals surface area contributed by atoms with Crippen molar-refractivity contribution >= 4 is 29.1 Å². The molecular formula is C19H21N5O5. The molecular weight excluding hydrogens is 378 g/mol. The van der Waals surface area contributed by atoms with Gasteiger partial charge in [0.2, 0.25) is 0 Å². The Kier molecular flexibility index (Phi) is 5.91. The Labute approximate surface area is 167 Å². The number of benzene rings is 1. The largest absolute Gasteiger partial charge is 0.453 e. The molecule has 0 atom stereocenters. The topological polar surface area (TPSA) is 118 Å². The van der Waals surface area contributed by atoms with Crippen molar-refractivity contribution in [2.24, 2.45) is 0 Å². The number of piperazine rings is 1. The molecule has 1 N–H and O–H groups in total. The van der Waals surface area contributed by atoms with Crippen LogP contribution in [-0.2, 0) is 4.74 Å². The number of methoxy groups -OCH3 is 1. The number of hydrogen-bond donors (Lipinski definition) is 1. The van der Waals surface area contributed by atoms with Crippen LogP contribution in [0.5, 0.6) is 0 Å². The monoisotopic (exact) mass is 399 g/mol. The summed E-state index contributed by atoms with van der Waals surface area (Å²) in [4.78, 5) is 42.5. The Balaban J connectivity index is 1.74. The average Bonchev–Trinajstić information content (AvgIpc) is 2.73. The number of pyridine rings is 1. The summed E-state index contributed by atoms with van der Waals surface area (Å²) in [7, 11) is 1.35. The number of nitro benzene ring substituents is 1. The fourth-order valence-corrected chi connectivity index (χ4v) is 3.21. The van der Waals surface area contributed by atoms with E-state index in [1.165, 1.54) is 25.3 Å². The number of nitrogens with one attached hydrogen (secondary N) is 1. The zero-order valence-electron chi connectivity index (χ0n) is 16.1. The predicted octanol–water partition coefficient (Wildman–Crippen LogP) is 2.44. The van der Waals surface area contributed by atoms with Gasteiger partial charge in [-0.1, -0.05) is 0 Å². The number of nitro groups is 1. The number of carbonyl (C=O) groups excluding carboxylic acids is 2. The quantitative estimate of drug-likeness (QED) is 0.620. The summed E-state index contributed by atoms with van der Waals surface area (Å²) in [5.41, 5.74) is 2.01. The Hall–Kier alpha value is -3.69. The molecule has 3 rings (SSSR count). The van der Waals surface area contributed by atoms with Gasteiger partial charge in [0.1, 0.15) is 0 Å². The van der Waals surface area contributed by atoms with Gasteiger partial charge in [-0.25, -0.2) is 4.79 Å². The van der Waals surface area contributed by atoms with E-state index in [1.807, 2.05) is 0 Å². The van der Waals surface area contributed by atoms with Crippen LogP contribution in [0.3, 0.4) is 0 Å². The Morgan fingerprint density at radius 1 is 1.21 bits per heavy atom. The van der Waals surface area contributed by atoms with E-state index in [9.17, 15) is 19.7 Å². The van der Waals surface area contributed by atoms with Gasteiger partial charge < -0.3 is 19.9 Å². The van der Waals surface area contributed by atoms with Crippen LogP contribution in [0, 0.1) is 17.0 Å². The second kappa shape index (κ2) is 8.55. The van der Waals surface area contributed by atoms with Crippen molar-refractivity contribution in [3.8, 4) is 0 Å². The lowest BCUT2D eigenvalue weighted by Crippen LogP contribution is -2.49. The minimum atomic E-state index is -0.482. The number of carbonyl (C=O) groups is 2. The van der Waals surface area contributed by atoms with Gasteiger partial charge in [-0.05, 0) is 25.1 Å². The molecule has 0 unspecified atom stereocenters.